The zero-order chi connectivity index (χ0) is 13.0. The van der Waals surface area contributed by atoms with Gasteiger partial charge in [0.2, 0.25) is 0 Å². The zero-order valence-electron chi connectivity index (χ0n) is 10.1. The van der Waals surface area contributed by atoms with E-state index in [2.05, 4.69) is 13.2 Å². The van der Waals surface area contributed by atoms with Crippen LogP contribution in [0.2, 0.25) is 0 Å². The Morgan fingerprint density at radius 2 is 1.94 bits per heavy atom. The lowest BCUT2D eigenvalue weighted by Gasteiger charge is -2.18. The van der Waals surface area contributed by atoms with Crippen molar-refractivity contribution in [2.45, 2.75) is 6.92 Å². The fourth-order valence-corrected chi connectivity index (χ4v) is 2.36. The number of nitrogens with zero attached hydrogens (tertiary/aromatic N) is 2. The third kappa shape index (κ3) is 2.74. The van der Waals surface area contributed by atoms with Gasteiger partial charge in [-0.1, -0.05) is 23.5 Å². The summed E-state index contributed by atoms with van der Waals surface area (Å²) < 4.78 is 1.48. The van der Waals surface area contributed by atoms with Crippen LogP contribution in [0.1, 0.15) is 15.4 Å². The van der Waals surface area contributed by atoms with Crippen molar-refractivity contribution < 1.29 is 4.79 Å². The second-order valence-electron chi connectivity index (χ2n) is 3.63. The molecule has 1 amide bonds. The number of hydrogen-bond acceptors (Lipinski definition) is 3. The van der Waals surface area contributed by atoms with Gasteiger partial charge in [0.25, 0.3) is 5.91 Å². The van der Waals surface area contributed by atoms with E-state index in [1.165, 1.54) is 4.57 Å². The molecule has 0 aromatic carbocycles. The highest BCUT2D eigenvalue weighted by Crippen LogP contribution is 2.13. The van der Waals surface area contributed by atoms with Crippen molar-refractivity contribution in [2.75, 3.05) is 13.1 Å². The van der Waals surface area contributed by atoms with E-state index >= 15 is 0 Å². The van der Waals surface area contributed by atoms with Crippen LogP contribution in [0, 0.1) is 6.92 Å². The monoisotopic (exact) mass is 252 g/mol. The van der Waals surface area contributed by atoms with Gasteiger partial charge in [-0.15, -0.1) is 13.2 Å². The standard InChI is InChI=1S/C12H16N2O2S/c1-5-7-14(8-6-2)11(15)10-9(3)13(4)12(16)17-10/h5-6H,1-2,7-8H2,3-4H3. The molecule has 1 aromatic heterocycles. The van der Waals surface area contributed by atoms with E-state index < -0.39 is 0 Å². The molecule has 4 nitrogen and oxygen atoms in total. The predicted octanol–water partition coefficient (Wildman–Crippen LogP) is 1.57. The van der Waals surface area contributed by atoms with Crippen molar-refractivity contribution in [2.24, 2.45) is 7.05 Å². The fourth-order valence-electron chi connectivity index (χ4n) is 1.41. The van der Waals surface area contributed by atoms with Gasteiger partial charge in [-0.2, -0.15) is 0 Å². The molecule has 0 aliphatic heterocycles. The minimum absolute atomic E-state index is 0.122. The van der Waals surface area contributed by atoms with Crippen LogP contribution in [0.25, 0.3) is 0 Å². The molecule has 0 radical (unpaired) electrons. The first kappa shape index (κ1) is 13.4. The lowest BCUT2D eigenvalue weighted by molar-refractivity contribution is 0.0794. The molecule has 0 aliphatic rings. The molecule has 0 bridgehead atoms. The van der Waals surface area contributed by atoms with Gasteiger partial charge in [-0.05, 0) is 6.92 Å². The van der Waals surface area contributed by atoms with Gasteiger partial charge in [0.1, 0.15) is 4.88 Å². The lowest BCUT2D eigenvalue weighted by Crippen LogP contribution is -2.31. The first-order valence-electron chi connectivity index (χ1n) is 5.20. The number of carbonyl (C=O) groups excluding carboxylic acids is 1. The van der Waals surface area contributed by atoms with E-state index in [0.717, 1.165) is 11.3 Å². The molecule has 0 fully saturated rings. The molecule has 0 N–H and O–H groups in total. The maximum atomic E-state index is 12.2. The van der Waals surface area contributed by atoms with Gasteiger partial charge in [-0.25, -0.2) is 0 Å². The van der Waals surface area contributed by atoms with Crippen LogP contribution >= 0.6 is 11.3 Å². The van der Waals surface area contributed by atoms with Crippen LogP contribution in [0.15, 0.2) is 30.1 Å². The molecular formula is C12H16N2O2S. The fraction of sp³-hybridized carbons (Fsp3) is 0.333. The normalized spacial score (nSPS) is 10.0. The minimum Gasteiger partial charge on any atom is -0.330 e. The topological polar surface area (TPSA) is 42.3 Å². The van der Waals surface area contributed by atoms with Gasteiger partial charge in [0.15, 0.2) is 0 Å². The number of aromatic nitrogens is 1. The van der Waals surface area contributed by atoms with E-state index in [9.17, 15) is 9.59 Å². The molecule has 0 saturated heterocycles. The van der Waals surface area contributed by atoms with Crippen LogP contribution in [-0.4, -0.2) is 28.5 Å². The maximum absolute atomic E-state index is 12.2. The van der Waals surface area contributed by atoms with Gasteiger partial charge in [0.05, 0.1) is 0 Å². The molecule has 1 heterocycles. The summed E-state index contributed by atoms with van der Waals surface area (Å²) in [6.07, 6.45) is 3.31. The van der Waals surface area contributed by atoms with Crippen LogP contribution in [0.4, 0.5) is 0 Å². The Hall–Kier alpha value is -1.62. The zero-order valence-corrected chi connectivity index (χ0v) is 10.9. The van der Waals surface area contributed by atoms with Crippen molar-refractivity contribution in [3.63, 3.8) is 0 Å². The molecule has 0 unspecified atom stereocenters. The Morgan fingerprint density at radius 3 is 2.29 bits per heavy atom. The Balaban J connectivity index is 3.08. The molecule has 92 valence electrons. The van der Waals surface area contributed by atoms with E-state index in [4.69, 9.17) is 0 Å². The van der Waals surface area contributed by atoms with Gasteiger partial charge >= 0.3 is 4.87 Å². The number of thiazole rings is 1. The van der Waals surface area contributed by atoms with Gasteiger partial charge < -0.3 is 9.47 Å². The van der Waals surface area contributed by atoms with Gasteiger partial charge in [-0.3, -0.25) is 9.59 Å². The SMILES string of the molecule is C=CCN(CC=C)C(=O)c1sc(=O)n(C)c1C. The van der Waals surface area contributed by atoms with Crippen LogP contribution in [0.3, 0.4) is 0 Å². The summed E-state index contributed by atoms with van der Waals surface area (Å²) >= 11 is 0.977. The Labute approximate surface area is 104 Å². The molecule has 17 heavy (non-hydrogen) atoms. The molecular weight excluding hydrogens is 236 g/mol. The van der Waals surface area contributed by atoms with Crippen molar-refractivity contribution in [1.82, 2.24) is 9.47 Å². The summed E-state index contributed by atoms with van der Waals surface area (Å²) in [6.45, 7) is 9.88. The highest BCUT2D eigenvalue weighted by atomic mass is 32.1. The number of hydrogen-bond donors (Lipinski definition) is 0. The molecule has 0 atom stereocenters. The summed E-state index contributed by atoms with van der Waals surface area (Å²) in [5, 5.41) is 0. The second-order valence-corrected chi connectivity index (χ2v) is 4.59. The average Bonchev–Trinajstić information content (AvgIpc) is 2.56. The summed E-state index contributed by atoms with van der Waals surface area (Å²) in [7, 11) is 1.66. The van der Waals surface area contributed by atoms with Crippen molar-refractivity contribution in [3.05, 3.63) is 45.5 Å². The summed E-state index contributed by atoms with van der Waals surface area (Å²) in [6, 6.07) is 0. The largest absolute Gasteiger partial charge is 0.330 e. The van der Waals surface area contributed by atoms with Crippen molar-refractivity contribution >= 4 is 17.2 Å². The number of carbonyl (C=O) groups is 1. The highest BCUT2D eigenvalue weighted by molar-refractivity contribution is 7.11. The second kappa shape index (κ2) is 5.63. The number of amides is 1. The maximum Gasteiger partial charge on any atom is 0.307 e. The first-order chi connectivity index (χ1) is 8.02. The van der Waals surface area contributed by atoms with Crippen LogP contribution in [-0.2, 0) is 7.05 Å². The minimum atomic E-state index is -0.148. The summed E-state index contributed by atoms with van der Waals surface area (Å²) in [4.78, 5) is 25.6. The van der Waals surface area contributed by atoms with E-state index in [1.807, 2.05) is 0 Å². The third-order valence-electron chi connectivity index (χ3n) is 2.48. The average molecular weight is 252 g/mol. The highest BCUT2D eigenvalue weighted by Gasteiger charge is 2.20. The predicted molar refractivity (Wildman–Crippen MR) is 70.6 cm³/mol. The quantitative estimate of drug-likeness (QED) is 0.746. The van der Waals surface area contributed by atoms with Crippen LogP contribution in [0.5, 0.6) is 0 Å². The lowest BCUT2D eigenvalue weighted by atomic mass is 10.3. The number of rotatable bonds is 5. The molecule has 1 aromatic rings. The smallest absolute Gasteiger partial charge is 0.307 e. The summed E-state index contributed by atoms with van der Waals surface area (Å²) in [5.41, 5.74) is 0.697. The Kier molecular flexibility index (Phi) is 4.45. The molecule has 0 saturated carbocycles. The van der Waals surface area contributed by atoms with Crippen molar-refractivity contribution in [1.29, 1.82) is 0 Å². The molecule has 1 rings (SSSR count). The molecule has 5 heteroatoms. The van der Waals surface area contributed by atoms with E-state index in [-0.39, 0.29) is 10.8 Å². The Bertz CT molecular complexity index is 489. The molecule has 0 aliphatic carbocycles. The van der Waals surface area contributed by atoms with Gasteiger partial charge in [0, 0.05) is 25.8 Å². The van der Waals surface area contributed by atoms with Crippen molar-refractivity contribution in [3.8, 4) is 0 Å². The summed E-state index contributed by atoms with van der Waals surface area (Å²) in [5.74, 6) is -0.148. The van der Waals surface area contributed by atoms with E-state index in [0.29, 0.717) is 23.7 Å². The Morgan fingerprint density at radius 1 is 1.41 bits per heavy atom. The first-order valence-corrected chi connectivity index (χ1v) is 6.02. The molecule has 0 spiro atoms. The van der Waals surface area contributed by atoms with Crippen LogP contribution < -0.4 is 4.87 Å². The van der Waals surface area contributed by atoms with E-state index in [1.54, 1.807) is 31.0 Å². The third-order valence-corrected chi connectivity index (χ3v) is 3.60.